The van der Waals surface area contributed by atoms with E-state index in [2.05, 4.69) is 10.2 Å². The zero-order valence-electron chi connectivity index (χ0n) is 8.12. The van der Waals surface area contributed by atoms with Crippen molar-refractivity contribution in [1.82, 2.24) is 15.3 Å². The summed E-state index contributed by atoms with van der Waals surface area (Å²) in [6.07, 6.45) is 3.65. The molecule has 1 saturated heterocycles. The van der Waals surface area contributed by atoms with Gasteiger partial charge in [-0.2, -0.15) is 5.10 Å². The molecule has 1 aliphatic heterocycles. The third-order valence-electron chi connectivity index (χ3n) is 2.27. The first-order valence-corrected chi connectivity index (χ1v) is 4.74. The number of aromatic nitrogens is 2. The second-order valence-corrected chi connectivity index (χ2v) is 3.38. The molecule has 0 unspecified atom stereocenters. The zero-order valence-corrected chi connectivity index (χ0v) is 8.12. The molecule has 0 atom stereocenters. The Hall–Kier alpha value is -1.36. The Morgan fingerprint density at radius 1 is 1.64 bits per heavy atom. The lowest BCUT2D eigenvalue weighted by atomic mass is 10.2. The Balaban J connectivity index is 2.11. The van der Waals surface area contributed by atoms with E-state index in [0.29, 0.717) is 18.8 Å². The van der Waals surface area contributed by atoms with Gasteiger partial charge in [0.1, 0.15) is 5.69 Å². The number of carbonyl (C=O) groups is 1. The molecule has 14 heavy (non-hydrogen) atoms. The van der Waals surface area contributed by atoms with E-state index in [1.165, 1.54) is 5.06 Å². The van der Waals surface area contributed by atoms with Gasteiger partial charge in [0.15, 0.2) is 0 Å². The molecular formula is C9H13N3O2. The minimum absolute atomic E-state index is 0.125. The van der Waals surface area contributed by atoms with E-state index in [4.69, 9.17) is 4.84 Å². The van der Waals surface area contributed by atoms with Crippen LogP contribution in [0.1, 0.15) is 28.9 Å². The van der Waals surface area contributed by atoms with Crippen LogP contribution in [0.5, 0.6) is 0 Å². The Morgan fingerprint density at radius 3 is 3.07 bits per heavy atom. The van der Waals surface area contributed by atoms with Crippen LogP contribution in [0.3, 0.4) is 0 Å². The van der Waals surface area contributed by atoms with Gasteiger partial charge in [-0.25, -0.2) is 5.06 Å². The predicted molar refractivity (Wildman–Crippen MR) is 49.5 cm³/mol. The van der Waals surface area contributed by atoms with Gasteiger partial charge >= 0.3 is 0 Å². The molecule has 2 rings (SSSR count). The Bertz CT molecular complexity index is 329. The van der Waals surface area contributed by atoms with Gasteiger partial charge in [0, 0.05) is 6.54 Å². The van der Waals surface area contributed by atoms with Crippen LogP contribution in [0, 0.1) is 6.92 Å². The van der Waals surface area contributed by atoms with Gasteiger partial charge in [-0.05, 0) is 25.3 Å². The first kappa shape index (κ1) is 9.21. The minimum atomic E-state index is -0.125. The third kappa shape index (κ3) is 1.63. The normalized spacial score (nSPS) is 17.1. The van der Waals surface area contributed by atoms with Gasteiger partial charge in [0.05, 0.1) is 12.8 Å². The Morgan fingerprint density at radius 2 is 2.50 bits per heavy atom. The van der Waals surface area contributed by atoms with Crippen molar-refractivity contribution in [1.29, 1.82) is 0 Å². The van der Waals surface area contributed by atoms with E-state index >= 15 is 0 Å². The molecule has 76 valence electrons. The van der Waals surface area contributed by atoms with Crippen molar-refractivity contribution in [2.75, 3.05) is 13.2 Å². The van der Waals surface area contributed by atoms with Crippen molar-refractivity contribution in [2.24, 2.45) is 0 Å². The van der Waals surface area contributed by atoms with Crippen LogP contribution in [0.15, 0.2) is 6.20 Å². The van der Waals surface area contributed by atoms with Crippen LogP contribution in [0.2, 0.25) is 0 Å². The number of nitrogens with zero attached hydrogens (tertiary/aromatic N) is 2. The third-order valence-corrected chi connectivity index (χ3v) is 2.27. The fourth-order valence-corrected chi connectivity index (χ4v) is 1.44. The molecule has 0 aliphatic carbocycles. The molecule has 1 N–H and O–H groups in total. The van der Waals surface area contributed by atoms with E-state index < -0.39 is 0 Å². The van der Waals surface area contributed by atoms with Crippen LogP contribution >= 0.6 is 0 Å². The van der Waals surface area contributed by atoms with Crippen molar-refractivity contribution in [2.45, 2.75) is 19.8 Å². The lowest BCUT2D eigenvalue weighted by Gasteiger charge is -2.25. The van der Waals surface area contributed by atoms with Gasteiger partial charge in [-0.15, -0.1) is 0 Å². The molecule has 5 heteroatoms. The average Bonchev–Trinajstić information content (AvgIpc) is 2.65. The molecule has 1 aliphatic rings. The quantitative estimate of drug-likeness (QED) is 0.723. The summed E-state index contributed by atoms with van der Waals surface area (Å²) in [7, 11) is 0. The summed E-state index contributed by atoms with van der Waals surface area (Å²) in [5.41, 5.74) is 1.37. The molecule has 1 aromatic heterocycles. The number of carbonyl (C=O) groups excluding carboxylic acids is 1. The molecule has 0 radical (unpaired) electrons. The number of hydrogen-bond acceptors (Lipinski definition) is 3. The monoisotopic (exact) mass is 195 g/mol. The molecule has 5 nitrogen and oxygen atoms in total. The summed E-state index contributed by atoms with van der Waals surface area (Å²) in [5.74, 6) is -0.125. The number of aromatic amines is 1. The van der Waals surface area contributed by atoms with Crippen LogP contribution < -0.4 is 0 Å². The highest BCUT2D eigenvalue weighted by atomic mass is 16.7. The van der Waals surface area contributed by atoms with E-state index in [1.54, 1.807) is 6.20 Å². The van der Waals surface area contributed by atoms with Crippen LogP contribution in [-0.4, -0.2) is 34.3 Å². The fourth-order valence-electron chi connectivity index (χ4n) is 1.44. The number of H-pyrrole nitrogens is 1. The molecule has 1 aromatic rings. The highest BCUT2D eigenvalue weighted by Gasteiger charge is 2.21. The lowest BCUT2D eigenvalue weighted by molar-refractivity contribution is -0.144. The zero-order chi connectivity index (χ0) is 9.97. The molecule has 0 saturated carbocycles. The fraction of sp³-hybridized carbons (Fsp3) is 0.556. The maximum atomic E-state index is 11.8. The summed E-state index contributed by atoms with van der Waals surface area (Å²) in [5, 5.41) is 7.90. The summed E-state index contributed by atoms with van der Waals surface area (Å²) >= 11 is 0. The second kappa shape index (κ2) is 3.79. The second-order valence-electron chi connectivity index (χ2n) is 3.38. The number of hydrogen-bond donors (Lipinski definition) is 1. The molecule has 0 aromatic carbocycles. The maximum absolute atomic E-state index is 11.8. The predicted octanol–water partition coefficient (Wildman–Crippen LogP) is 0.886. The topological polar surface area (TPSA) is 58.2 Å². The minimum Gasteiger partial charge on any atom is -0.273 e. The van der Waals surface area contributed by atoms with Gasteiger partial charge < -0.3 is 0 Å². The highest BCUT2D eigenvalue weighted by Crippen LogP contribution is 2.12. The van der Waals surface area contributed by atoms with Crippen LogP contribution in [-0.2, 0) is 4.84 Å². The number of rotatable bonds is 1. The number of aryl methyl sites for hydroxylation is 1. The first-order valence-electron chi connectivity index (χ1n) is 4.74. The van der Waals surface area contributed by atoms with E-state index in [0.717, 1.165) is 18.4 Å². The summed E-state index contributed by atoms with van der Waals surface area (Å²) in [6.45, 7) is 3.14. The van der Waals surface area contributed by atoms with E-state index in [-0.39, 0.29) is 5.91 Å². The van der Waals surface area contributed by atoms with Gasteiger partial charge in [0.25, 0.3) is 5.91 Å². The van der Waals surface area contributed by atoms with Crippen LogP contribution in [0.25, 0.3) is 0 Å². The van der Waals surface area contributed by atoms with Crippen molar-refractivity contribution in [3.05, 3.63) is 17.5 Å². The summed E-state index contributed by atoms with van der Waals surface area (Å²) in [4.78, 5) is 17.1. The van der Waals surface area contributed by atoms with Gasteiger partial charge in [0.2, 0.25) is 0 Å². The molecule has 1 fully saturated rings. The first-order chi connectivity index (χ1) is 6.79. The number of hydroxylamine groups is 2. The smallest absolute Gasteiger partial charge is 0.273 e. The Labute approximate surface area is 82.0 Å². The molecular weight excluding hydrogens is 182 g/mol. The van der Waals surface area contributed by atoms with E-state index in [1.807, 2.05) is 6.92 Å². The Kier molecular flexibility index (Phi) is 2.49. The molecule has 2 heterocycles. The molecule has 0 spiro atoms. The lowest BCUT2D eigenvalue weighted by Crippen LogP contribution is -2.36. The van der Waals surface area contributed by atoms with Gasteiger partial charge in [-0.3, -0.25) is 14.7 Å². The molecule has 0 bridgehead atoms. The molecule has 1 amide bonds. The number of nitrogens with one attached hydrogen (secondary N) is 1. The van der Waals surface area contributed by atoms with Crippen LogP contribution in [0.4, 0.5) is 0 Å². The van der Waals surface area contributed by atoms with E-state index in [9.17, 15) is 4.79 Å². The highest BCUT2D eigenvalue weighted by molar-refractivity contribution is 5.92. The summed E-state index contributed by atoms with van der Waals surface area (Å²) < 4.78 is 0. The van der Waals surface area contributed by atoms with Crippen molar-refractivity contribution < 1.29 is 9.63 Å². The van der Waals surface area contributed by atoms with Crippen molar-refractivity contribution in [3.63, 3.8) is 0 Å². The maximum Gasteiger partial charge on any atom is 0.295 e. The standard InChI is InChI=1S/C9H13N3O2/c1-7-6-10-11-8(7)9(13)12-4-2-3-5-14-12/h6H,2-5H2,1H3,(H,10,11). The van der Waals surface area contributed by atoms with Gasteiger partial charge in [-0.1, -0.05) is 0 Å². The van der Waals surface area contributed by atoms with Crippen molar-refractivity contribution in [3.8, 4) is 0 Å². The number of amides is 1. The SMILES string of the molecule is Cc1cn[nH]c1C(=O)N1CCCCO1. The largest absolute Gasteiger partial charge is 0.295 e. The summed E-state index contributed by atoms with van der Waals surface area (Å²) in [6, 6.07) is 0. The average molecular weight is 195 g/mol. The van der Waals surface area contributed by atoms with Crippen molar-refractivity contribution >= 4 is 5.91 Å².